The molecule has 6 heteroatoms. The first-order valence-corrected chi connectivity index (χ1v) is 7.05. The Labute approximate surface area is 124 Å². The van der Waals surface area contributed by atoms with Crippen LogP contribution in [0.2, 0.25) is 0 Å². The molecule has 1 unspecified atom stereocenters. The predicted octanol–water partition coefficient (Wildman–Crippen LogP) is 1.22. The van der Waals surface area contributed by atoms with E-state index in [4.69, 9.17) is 14.2 Å². The second-order valence-corrected chi connectivity index (χ2v) is 5.00. The molecule has 116 valence electrons. The van der Waals surface area contributed by atoms with E-state index in [0.717, 1.165) is 17.9 Å². The maximum atomic E-state index is 11.0. The third kappa shape index (κ3) is 4.91. The molecule has 6 nitrogen and oxygen atoms in total. The SMILES string of the molecule is COCCNCc1cc(C)ccc1OCC1CNC(=O)O1. The first-order chi connectivity index (χ1) is 10.2. The first kappa shape index (κ1) is 15.6. The van der Waals surface area contributed by atoms with Crippen LogP contribution in [0.15, 0.2) is 18.2 Å². The van der Waals surface area contributed by atoms with Gasteiger partial charge in [0.15, 0.2) is 6.10 Å². The van der Waals surface area contributed by atoms with Crippen molar-refractivity contribution < 1.29 is 19.0 Å². The number of carbonyl (C=O) groups is 1. The first-order valence-electron chi connectivity index (χ1n) is 7.05. The van der Waals surface area contributed by atoms with Crippen molar-refractivity contribution in [3.63, 3.8) is 0 Å². The maximum Gasteiger partial charge on any atom is 0.407 e. The van der Waals surface area contributed by atoms with E-state index in [9.17, 15) is 4.79 Å². The van der Waals surface area contributed by atoms with E-state index >= 15 is 0 Å². The minimum atomic E-state index is -0.381. The molecule has 0 bridgehead atoms. The number of alkyl carbamates (subject to hydrolysis) is 1. The van der Waals surface area contributed by atoms with Gasteiger partial charge in [-0.15, -0.1) is 0 Å². The van der Waals surface area contributed by atoms with E-state index in [2.05, 4.69) is 16.7 Å². The van der Waals surface area contributed by atoms with Crippen LogP contribution in [0.3, 0.4) is 0 Å². The molecule has 2 rings (SSSR count). The average Bonchev–Trinajstić information content (AvgIpc) is 2.88. The fraction of sp³-hybridized carbons (Fsp3) is 0.533. The fourth-order valence-electron chi connectivity index (χ4n) is 2.09. The van der Waals surface area contributed by atoms with Crippen molar-refractivity contribution in [2.75, 3.05) is 33.4 Å². The van der Waals surface area contributed by atoms with E-state index in [1.807, 2.05) is 19.1 Å². The molecule has 0 saturated carbocycles. The van der Waals surface area contributed by atoms with Gasteiger partial charge >= 0.3 is 6.09 Å². The lowest BCUT2D eigenvalue weighted by molar-refractivity contribution is 0.104. The van der Waals surface area contributed by atoms with Crippen molar-refractivity contribution in [3.8, 4) is 5.75 Å². The van der Waals surface area contributed by atoms with Crippen LogP contribution in [0.4, 0.5) is 4.79 Å². The number of nitrogens with one attached hydrogen (secondary N) is 2. The number of methoxy groups -OCH3 is 1. The molecular formula is C15H22N2O4. The molecular weight excluding hydrogens is 272 g/mol. The number of hydrogen-bond donors (Lipinski definition) is 2. The second kappa shape index (κ2) is 7.85. The van der Waals surface area contributed by atoms with Gasteiger partial charge in [0.25, 0.3) is 0 Å². The van der Waals surface area contributed by atoms with Gasteiger partial charge in [-0.25, -0.2) is 4.79 Å². The van der Waals surface area contributed by atoms with Crippen molar-refractivity contribution in [2.24, 2.45) is 0 Å². The Bertz CT molecular complexity index is 479. The van der Waals surface area contributed by atoms with E-state index < -0.39 is 0 Å². The second-order valence-electron chi connectivity index (χ2n) is 5.00. The van der Waals surface area contributed by atoms with Crippen LogP contribution in [0.1, 0.15) is 11.1 Å². The molecule has 1 aliphatic rings. The Morgan fingerprint density at radius 2 is 2.33 bits per heavy atom. The topological polar surface area (TPSA) is 68.8 Å². The summed E-state index contributed by atoms with van der Waals surface area (Å²) in [5.41, 5.74) is 2.27. The number of amides is 1. The van der Waals surface area contributed by atoms with Crippen LogP contribution in [-0.2, 0) is 16.0 Å². The van der Waals surface area contributed by atoms with Crippen LogP contribution in [-0.4, -0.2) is 45.6 Å². The normalized spacial score (nSPS) is 17.4. The van der Waals surface area contributed by atoms with Gasteiger partial charge < -0.3 is 24.8 Å². The zero-order valence-electron chi connectivity index (χ0n) is 12.5. The lowest BCUT2D eigenvalue weighted by Gasteiger charge is -2.15. The van der Waals surface area contributed by atoms with Gasteiger partial charge in [-0.05, 0) is 13.0 Å². The molecule has 0 radical (unpaired) electrons. The lowest BCUT2D eigenvalue weighted by Crippen LogP contribution is -2.23. The molecule has 1 aromatic rings. The third-order valence-electron chi connectivity index (χ3n) is 3.19. The number of cyclic esters (lactones) is 1. The van der Waals surface area contributed by atoms with Gasteiger partial charge in [0.1, 0.15) is 12.4 Å². The summed E-state index contributed by atoms with van der Waals surface area (Å²) in [6, 6.07) is 6.05. The van der Waals surface area contributed by atoms with E-state index in [1.54, 1.807) is 7.11 Å². The standard InChI is InChI=1S/C15H22N2O4/c1-11-3-4-14(12(7-11)8-16-5-6-19-2)20-10-13-9-17-15(18)21-13/h3-4,7,13,16H,5-6,8-10H2,1-2H3,(H,17,18). The highest BCUT2D eigenvalue weighted by atomic mass is 16.6. The van der Waals surface area contributed by atoms with Crippen LogP contribution >= 0.6 is 0 Å². The van der Waals surface area contributed by atoms with Crippen LogP contribution < -0.4 is 15.4 Å². The Morgan fingerprint density at radius 1 is 1.48 bits per heavy atom. The Morgan fingerprint density at radius 3 is 3.05 bits per heavy atom. The molecule has 0 aliphatic carbocycles. The molecule has 1 atom stereocenters. The monoisotopic (exact) mass is 294 g/mol. The van der Waals surface area contributed by atoms with Crippen molar-refractivity contribution in [1.29, 1.82) is 0 Å². The van der Waals surface area contributed by atoms with Gasteiger partial charge in [0.05, 0.1) is 13.2 Å². The number of ether oxygens (including phenoxy) is 3. The number of carbonyl (C=O) groups excluding carboxylic acids is 1. The van der Waals surface area contributed by atoms with Gasteiger partial charge in [-0.1, -0.05) is 17.7 Å². The Hall–Kier alpha value is -1.79. The summed E-state index contributed by atoms with van der Waals surface area (Å²) in [7, 11) is 1.68. The summed E-state index contributed by atoms with van der Waals surface area (Å²) >= 11 is 0. The number of benzene rings is 1. The molecule has 1 aromatic carbocycles. The highest BCUT2D eigenvalue weighted by molar-refractivity contribution is 5.69. The molecule has 1 amide bonds. The zero-order valence-corrected chi connectivity index (χ0v) is 12.5. The molecule has 1 fully saturated rings. The van der Waals surface area contributed by atoms with Gasteiger partial charge in [0.2, 0.25) is 0 Å². The number of rotatable bonds is 8. The van der Waals surface area contributed by atoms with Crippen molar-refractivity contribution in [2.45, 2.75) is 19.6 Å². The molecule has 0 spiro atoms. The van der Waals surface area contributed by atoms with Gasteiger partial charge in [-0.3, -0.25) is 0 Å². The van der Waals surface area contributed by atoms with Gasteiger partial charge in [-0.2, -0.15) is 0 Å². The molecule has 1 aliphatic heterocycles. The molecule has 2 N–H and O–H groups in total. The number of hydrogen-bond acceptors (Lipinski definition) is 5. The van der Waals surface area contributed by atoms with E-state index in [0.29, 0.717) is 26.3 Å². The van der Waals surface area contributed by atoms with Crippen LogP contribution in [0.25, 0.3) is 0 Å². The predicted molar refractivity (Wildman–Crippen MR) is 78.5 cm³/mol. The van der Waals surface area contributed by atoms with Crippen LogP contribution in [0.5, 0.6) is 5.75 Å². The minimum absolute atomic E-state index is 0.229. The quantitative estimate of drug-likeness (QED) is 0.706. The Kier molecular flexibility index (Phi) is 5.83. The molecule has 21 heavy (non-hydrogen) atoms. The smallest absolute Gasteiger partial charge is 0.407 e. The van der Waals surface area contributed by atoms with Crippen molar-refractivity contribution >= 4 is 6.09 Å². The van der Waals surface area contributed by atoms with E-state index in [-0.39, 0.29) is 12.2 Å². The summed E-state index contributed by atoms with van der Waals surface area (Å²) in [5, 5.41) is 5.91. The molecule has 0 aromatic heterocycles. The summed E-state index contributed by atoms with van der Waals surface area (Å²) in [6.07, 6.45) is -0.609. The fourth-order valence-corrected chi connectivity index (χ4v) is 2.09. The highest BCUT2D eigenvalue weighted by Gasteiger charge is 2.23. The average molecular weight is 294 g/mol. The van der Waals surface area contributed by atoms with E-state index in [1.165, 1.54) is 5.56 Å². The molecule has 1 heterocycles. The summed E-state index contributed by atoms with van der Waals surface area (Å²) in [5.74, 6) is 0.813. The van der Waals surface area contributed by atoms with Gasteiger partial charge in [0, 0.05) is 25.8 Å². The molecule has 1 saturated heterocycles. The van der Waals surface area contributed by atoms with Crippen molar-refractivity contribution in [1.82, 2.24) is 10.6 Å². The summed E-state index contributed by atoms with van der Waals surface area (Å²) in [4.78, 5) is 11.0. The highest BCUT2D eigenvalue weighted by Crippen LogP contribution is 2.20. The summed E-state index contributed by atoms with van der Waals surface area (Å²) < 4.78 is 15.9. The largest absolute Gasteiger partial charge is 0.489 e. The van der Waals surface area contributed by atoms with Crippen LogP contribution in [0, 0.1) is 6.92 Å². The third-order valence-corrected chi connectivity index (χ3v) is 3.19. The zero-order chi connectivity index (χ0) is 15.1. The number of aryl methyl sites for hydroxylation is 1. The van der Waals surface area contributed by atoms with Crippen molar-refractivity contribution in [3.05, 3.63) is 29.3 Å². The minimum Gasteiger partial charge on any atom is -0.489 e. The lowest BCUT2D eigenvalue weighted by atomic mass is 10.1. The summed E-state index contributed by atoms with van der Waals surface area (Å²) in [6.45, 7) is 5.06. The maximum absolute atomic E-state index is 11.0. The Balaban J connectivity index is 1.89.